The number of hydrogen-bond acceptors (Lipinski definition) is 5. The zero-order valence-corrected chi connectivity index (χ0v) is 16.9. The molecule has 0 amide bonds. The summed E-state index contributed by atoms with van der Waals surface area (Å²) < 4.78 is 1.72. The number of aromatic nitrogens is 1. The van der Waals surface area contributed by atoms with Crippen LogP contribution in [0.3, 0.4) is 0 Å². The zero-order chi connectivity index (χ0) is 19.6. The summed E-state index contributed by atoms with van der Waals surface area (Å²) in [5, 5.41) is 26.5. The number of aromatic hydroxyl groups is 2. The Labute approximate surface area is 170 Å². The third-order valence-corrected chi connectivity index (χ3v) is 5.16. The van der Waals surface area contributed by atoms with E-state index < -0.39 is 0 Å². The third kappa shape index (κ3) is 4.53. The lowest BCUT2D eigenvalue weighted by Crippen LogP contribution is -2.14. The zero-order valence-electron chi connectivity index (χ0n) is 14.6. The maximum atomic E-state index is 9.66. The number of thiazole rings is 1. The summed E-state index contributed by atoms with van der Waals surface area (Å²) in [4.78, 5) is 5.34. The van der Waals surface area contributed by atoms with E-state index in [1.807, 2.05) is 25.3 Å². The smallest absolute Gasteiger partial charge is 0.206 e. The molecule has 0 saturated heterocycles. The molecule has 27 heavy (non-hydrogen) atoms. The number of phenolic OH excluding ortho intramolecular Hbond substituents is 2. The molecule has 0 saturated carbocycles. The first-order chi connectivity index (χ1) is 12.8. The Morgan fingerprint density at radius 2 is 1.81 bits per heavy atom. The van der Waals surface area contributed by atoms with Crippen molar-refractivity contribution in [2.75, 3.05) is 0 Å². The quantitative estimate of drug-likeness (QED) is 0.452. The first kappa shape index (κ1) is 19.5. The average Bonchev–Trinajstić information content (AvgIpc) is 3.00. The summed E-state index contributed by atoms with van der Waals surface area (Å²) in [6.07, 6.45) is 1.59. The Kier molecular flexibility index (Phi) is 5.89. The van der Waals surface area contributed by atoms with E-state index in [0.717, 1.165) is 16.1 Å². The summed E-state index contributed by atoms with van der Waals surface area (Å²) in [6, 6.07) is 9.99. The van der Waals surface area contributed by atoms with Gasteiger partial charge in [-0.2, -0.15) is 5.10 Å². The summed E-state index contributed by atoms with van der Waals surface area (Å²) in [5.41, 5.74) is 2.31. The second-order valence-corrected chi connectivity index (χ2v) is 7.71. The molecule has 1 aromatic heterocycles. The van der Waals surface area contributed by atoms with Gasteiger partial charge < -0.3 is 10.2 Å². The number of benzene rings is 2. The molecule has 0 aliphatic rings. The normalized spacial score (nSPS) is 12.4. The minimum atomic E-state index is -0.203. The maximum Gasteiger partial charge on any atom is 0.206 e. The SMILES string of the molecule is CC(C)N=c1scc(-c2ccc(Cl)c(Cl)c2)n1N=Cc1ccc(O)c(O)c1. The van der Waals surface area contributed by atoms with Gasteiger partial charge in [0.1, 0.15) is 0 Å². The molecule has 1 heterocycles. The van der Waals surface area contributed by atoms with Crippen molar-refractivity contribution >= 4 is 40.8 Å². The molecule has 3 aromatic rings. The van der Waals surface area contributed by atoms with Gasteiger partial charge in [0.05, 0.1) is 22.0 Å². The van der Waals surface area contributed by atoms with Crippen molar-refractivity contribution in [3.05, 3.63) is 62.2 Å². The lowest BCUT2D eigenvalue weighted by Gasteiger charge is -2.06. The number of halogens is 2. The predicted octanol–water partition coefficient (Wildman–Crippen LogP) is 5.13. The van der Waals surface area contributed by atoms with E-state index in [1.54, 1.807) is 29.1 Å². The van der Waals surface area contributed by atoms with Crippen LogP contribution in [0.4, 0.5) is 0 Å². The lowest BCUT2D eigenvalue weighted by atomic mass is 10.2. The Bertz CT molecular complexity index is 1070. The second kappa shape index (κ2) is 8.17. The number of phenols is 2. The van der Waals surface area contributed by atoms with Gasteiger partial charge in [-0.05, 0) is 49.7 Å². The van der Waals surface area contributed by atoms with Crippen molar-refractivity contribution < 1.29 is 10.2 Å². The maximum absolute atomic E-state index is 9.66. The Hall–Kier alpha value is -2.28. The van der Waals surface area contributed by atoms with Crippen molar-refractivity contribution in [1.82, 2.24) is 4.68 Å². The summed E-state index contributed by atoms with van der Waals surface area (Å²) in [6.45, 7) is 3.98. The van der Waals surface area contributed by atoms with Gasteiger partial charge in [0, 0.05) is 17.0 Å². The van der Waals surface area contributed by atoms with Crippen molar-refractivity contribution in [3.8, 4) is 22.8 Å². The molecule has 0 bridgehead atoms. The highest BCUT2D eigenvalue weighted by Gasteiger charge is 2.10. The number of rotatable bonds is 4. The molecule has 140 valence electrons. The van der Waals surface area contributed by atoms with Crippen molar-refractivity contribution in [2.24, 2.45) is 10.1 Å². The van der Waals surface area contributed by atoms with Gasteiger partial charge in [0.2, 0.25) is 4.80 Å². The Morgan fingerprint density at radius 1 is 1.04 bits per heavy atom. The molecule has 3 rings (SSSR count). The fraction of sp³-hybridized carbons (Fsp3) is 0.158. The first-order valence-electron chi connectivity index (χ1n) is 8.11. The molecule has 0 aliphatic heterocycles. The second-order valence-electron chi connectivity index (χ2n) is 6.06. The van der Waals surface area contributed by atoms with E-state index in [1.165, 1.54) is 23.5 Å². The largest absolute Gasteiger partial charge is 0.504 e. The van der Waals surface area contributed by atoms with Crippen LogP contribution in [0.1, 0.15) is 19.4 Å². The molecule has 0 aliphatic carbocycles. The van der Waals surface area contributed by atoms with E-state index in [0.29, 0.717) is 15.6 Å². The summed E-state index contributed by atoms with van der Waals surface area (Å²) in [7, 11) is 0. The van der Waals surface area contributed by atoms with E-state index in [2.05, 4.69) is 10.1 Å². The molecule has 0 fully saturated rings. The molecule has 0 unspecified atom stereocenters. The van der Waals surface area contributed by atoms with Crippen LogP contribution in [0.5, 0.6) is 11.5 Å². The fourth-order valence-electron chi connectivity index (χ4n) is 2.32. The molecular weight excluding hydrogens is 405 g/mol. The highest BCUT2D eigenvalue weighted by molar-refractivity contribution is 7.07. The third-order valence-electron chi connectivity index (χ3n) is 3.59. The van der Waals surface area contributed by atoms with Gasteiger partial charge in [-0.15, -0.1) is 11.3 Å². The van der Waals surface area contributed by atoms with Crippen LogP contribution in [-0.2, 0) is 0 Å². The van der Waals surface area contributed by atoms with Crippen LogP contribution >= 0.6 is 34.5 Å². The van der Waals surface area contributed by atoms with Gasteiger partial charge in [-0.1, -0.05) is 29.3 Å². The van der Waals surface area contributed by atoms with E-state index in [4.69, 9.17) is 23.2 Å². The van der Waals surface area contributed by atoms with E-state index in [-0.39, 0.29) is 17.5 Å². The monoisotopic (exact) mass is 421 g/mol. The molecule has 0 spiro atoms. The van der Waals surface area contributed by atoms with Crippen molar-refractivity contribution in [3.63, 3.8) is 0 Å². The molecule has 0 atom stereocenters. The van der Waals surface area contributed by atoms with Gasteiger partial charge in [-0.25, -0.2) is 4.68 Å². The number of nitrogens with zero attached hydrogens (tertiary/aromatic N) is 3. The molecular formula is C19H17Cl2N3O2S. The van der Waals surface area contributed by atoms with E-state index >= 15 is 0 Å². The Morgan fingerprint density at radius 3 is 2.48 bits per heavy atom. The van der Waals surface area contributed by atoms with Crippen molar-refractivity contribution in [1.29, 1.82) is 0 Å². The van der Waals surface area contributed by atoms with Crippen LogP contribution in [-0.4, -0.2) is 27.1 Å². The predicted molar refractivity (Wildman–Crippen MR) is 111 cm³/mol. The Balaban J connectivity index is 2.10. The molecule has 8 heteroatoms. The van der Waals surface area contributed by atoms with Crippen LogP contribution in [0.25, 0.3) is 11.3 Å². The molecule has 2 aromatic carbocycles. The van der Waals surface area contributed by atoms with Gasteiger partial charge in [0.15, 0.2) is 11.5 Å². The summed E-state index contributed by atoms with van der Waals surface area (Å²) in [5.74, 6) is -0.381. The van der Waals surface area contributed by atoms with Gasteiger partial charge >= 0.3 is 0 Å². The lowest BCUT2D eigenvalue weighted by molar-refractivity contribution is 0.403. The van der Waals surface area contributed by atoms with Gasteiger partial charge in [0.25, 0.3) is 0 Å². The fourth-order valence-corrected chi connectivity index (χ4v) is 3.59. The summed E-state index contributed by atoms with van der Waals surface area (Å²) >= 11 is 13.7. The standard InChI is InChI=1S/C19H17Cl2N3O2S/c1-11(2)23-19-24(22-9-12-3-6-17(25)18(26)7-12)16(10-27-19)13-4-5-14(20)15(21)8-13/h3-11,25-26H,1-2H3. The minimum Gasteiger partial charge on any atom is -0.504 e. The van der Waals surface area contributed by atoms with Crippen LogP contribution < -0.4 is 4.80 Å². The highest BCUT2D eigenvalue weighted by atomic mass is 35.5. The molecule has 0 radical (unpaired) electrons. The number of hydrogen-bond donors (Lipinski definition) is 2. The van der Waals surface area contributed by atoms with Gasteiger partial charge in [-0.3, -0.25) is 4.99 Å². The average molecular weight is 422 g/mol. The minimum absolute atomic E-state index is 0.101. The van der Waals surface area contributed by atoms with E-state index in [9.17, 15) is 10.2 Å². The first-order valence-corrected chi connectivity index (χ1v) is 9.75. The van der Waals surface area contributed by atoms with Crippen LogP contribution in [0, 0.1) is 0 Å². The molecule has 5 nitrogen and oxygen atoms in total. The van der Waals surface area contributed by atoms with Crippen LogP contribution in [0.15, 0.2) is 51.9 Å². The molecule has 2 N–H and O–H groups in total. The van der Waals surface area contributed by atoms with Crippen LogP contribution in [0.2, 0.25) is 10.0 Å². The van der Waals surface area contributed by atoms with Crippen molar-refractivity contribution in [2.45, 2.75) is 19.9 Å². The highest BCUT2D eigenvalue weighted by Crippen LogP contribution is 2.29. The topological polar surface area (TPSA) is 70.1 Å².